The highest BCUT2D eigenvalue weighted by Crippen LogP contribution is 0.498. The molecule has 0 atom stereocenters. The van der Waals surface area contributed by atoms with Gasteiger partial charge >= 0.3 is 0 Å². The maximum Gasteiger partial charge on any atom is 0.106 e. The average Bonchev–Trinajstić information content (AvgIpc) is 1.81. The zero-order valence-corrected chi connectivity index (χ0v) is 5.08. The molecule has 0 spiro atoms. The summed E-state index contributed by atoms with van der Waals surface area (Å²) in [4.78, 5) is 24.0. The first-order valence-electron chi connectivity index (χ1n) is 0.866. The van der Waals surface area contributed by atoms with Crippen LogP contribution >= 0.6 is 0 Å². The molecule has 0 bridgehead atoms. The fourth-order valence-electron chi connectivity index (χ4n) is 0. The Bertz CT molecular complexity index is 14.9. The first-order valence-corrected chi connectivity index (χ1v) is 0.866. The molecule has 0 heterocycles. The fraction of sp³-hybridized carbons (Fsp3) is 0. The summed E-state index contributed by atoms with van der Waals surface area (Å²) in [6.07, 6.45) is 0. The molecule has 0 aromatic carbocycles. The van der Waals surface area contributed by atoms with E-state index in [1.165, 1.54) is 0 Å². The van der Waals surface area contributed by atoms with Crippen LogP contribution in [0.3, 0.4) is 0 Å². The van der Waals surface area contributed by atoms with Crippen LogP contribution in [0.1, 0.15) is 0 Å². The molecular weight excluding hydrogens is 111 g/mol. The third kappa shape index (κ3) is 332. The Hall–Kier alpha value is -0.458. The van der Waals surface area contributed by atoms with E-state index >= 15 is 0 Å². The summed E-state index contributed by atoms with van der Waals surface area (Å²) in [7, 11) is 0. The van der Waals surface area contributed by atoms with Crippen molar-refractivity contribution in [2.24, 2.45) is 0 Å². The molecule has 0 aliphatic rings. The van der Waals surface area contributed by atoms with E-state index in [-0.39, 0.29) is 17.4 Å². The van der Waals surface area contributed by atoms with Gasteiger partial charge in [-0.15, -0.1) is 0 Å². The molecule has 0 saturated carbocycles. The van der Waals surface area contributed by atoms with Crippen LogP contribution in [-0.4, -0.2) is 37.7 Å². The van der Waals surface area contributed by atoms with Gasteiger partial charge in [-0.2, -0.15) is 0 Å². The van der Waals surface area contributed by atoms with E-state index in [4.69, 9.17) is 14.4 Å². The van der Waals surface area contributed by atoms with Crippen LogP contribution in [0.15, 0.2) is 0 Å². The SMILES string of the molecule is C=O.C=O.C=O.[Al]. The molecule has 0 rings (SSSR count). The third-order valence-electron chi connectivity index (χ3n) is 0. The molecule has 3 nitrogen and oxygen atoms in total. The van der Waals surface area contributed by atoms with Crippen LogP contribution < -0.4 is 0 Å². The van der Waals surface area contributed by atoms with Crippen molar-refractivity contribution in [3.63, 3.8) is 0 Å². The minimum atomic E-state index is 0. The predicted molar refractivity (Wildman–Crippen MR) is 27.1 cm³/mol. The Kier molecular flexibility index (Phi) is 2430. The summed E-state index contributed by atoms with van der Waals surface area (Å²) in [6.45, 7) is 6.00. The molecule has 0 aliphatic carbocycles. The van der Waals surface area contributed by atoms with Gasteiger partial charge in [0, 0.05) is 17.4 Å². The lowest BCUT2D eigenvalue weighted by Gasteiger charge is -0.837. The molecule has 0 N–H and O–H groups in total. The number of carbonyl (C=O) groups is 3. The van der Waals surface area contributed by atoms with Crippen molar-refractivity contribution in [2.75, 3.05) is 0 Å². The molecular formula is C3H6AlO3. The van der Waals surface area contributed by atoms with E-state index in [2.05, 4.69) is 0 Å². The van der Waals surface area contributed by atoms with Crippen molar-refractivity contribution in [3.8, 4) is 0 Å². The van der Waals surface area contributed by atoms with Gasteiger partial charge in [0.25, 0.3) is 0 Å². The minimum absolute atomic E-state index is 0. The molecule has 0 aromatic heterocycles. The lowest BCUT2D eigenvalue weighted by atomic mass is 11.9. The van der Waals surface area contributed by atoms with Crippen LogP contribution in [0.4, 0.5) is 0 Å². The van der Waals surface area contributed by atoms with E-state index in [0.29, 0.717) is 0 Å². The second kappa shape index (κ2) is 546. The molecule has 39 valence electrons. The quantitative estimate of drug-likeness (QED) is 0.385. The van der Waals surface area contributed by atoms with Crippen LogP contribution in [0.2, 0.25) is 0 Å². The summed E-state index contributed by atoms with van der Waals surface area (Å²) < 4.78 is 0. The van der Waals surface area contributed by atoms with Crippen molar-refractivity contribution >= 4 is 37.7 Å². The molecule has 0 amide bonds. The van der Waals surface area contributed by atoms with Crippen LogP contribution in [0, 0.1) is 0 Å². The Balaban J connectivity index is -0.00000000900. The number of carbonyl (C=O) groups excluding carboxylic acids is 3. The maximum atomic E-state index is 8.00. The molecule has 0 unspecified atom stereocenters. The molecule has 4 heteroatoms. The van der Waals surface area contributed by atoms with Crippen LogP contribution in [0.25, 0.3) is 0 Å². The number of hydrogen-bond acceptors (Lipinski definition) is 3. The molecule has 0 aromatic rings. The smallest absolute Gasteiger partial charge is 0.106 e. The first-order chi connectivity index (χ1) is 3.00. The Morgan fingerprint density at radius 1 is 0.571 bits per heavy atom. The second-order valence-electron chi connectivity index (χ2n) is 0. The monoisotopic (exact) mass is 117 g/mol. The van der Waals surface area contributed by atoms with Gasteiger partial charge in [-0.05, 0) is 0 Å². The van der Waals surface area contributed by atoms with Gasteiger partial charge in [0.2, 0.25) is 0 Å². The van der Waals surface area contributed by atoms with E-state index in [0.717, 1.165) is 0 Å². The Labute approximate surface area is 52.8 Å². The van der Waals surface area contributed by atoms with E-state index in [9.17, 15) is 0 Å². The van der Waals surface area contributed by atoms with Gasteiger partial charge in [0.15, 0.2) is 0 Å². The lowest BCUT2D eigenvalue weighted by Crippen LogP contribution is -0.925. The van der Waals surface area contributed by atoms with Crippen molar-refractivity contribution in [2.45, 2.75) is 0 Å². The van der Waals surface area contributed by atoms with Gasteiger partial charge in [0.05, 0.1) is 0 Å². The van der Waals surface area contributed by atoms with Crippen molar-refractivity contribution in [3.05, 3.63) is 0 Å². The summed E-state index contributed by atoms with van der Waals surface area (Å²) in [6, 6.07) is 0. The molecule has 7 heavy (non-hydrogen) atoms. The predicted octanol–water partition coefficient (Wildman–Crippen LogP) is -0.936. The van der Waals surface area contributed by atoms with Crippen LogP contribution in [0.5, 0.6) is 0 Å². The Morgan fingerprint density at radius 3 is 0.571 bits per heavy atom. The van der Waals surface area contributed by atoms with E-state index < -0.39 is 0 Å². The van der Waals surface area contributed by atoms with Crippen molar-refractivity contribution < 1.29 is 14.4 Å². The zero-order chi connectivity index (χ0) is 6.00. The molecule has 0 saturated heterocycles. The second-order valence-corrected chi connectivity index (χ2v) is 0. The standard InChI is InChI=1S/3CH2O.Al/c3*1-2;/h3*1H2;. The van der Waals surface area contributed by atoms with Gasteiger partial charge in [-0.3, -0.25) is 0 Å². The normalized spacial score (nSPS) is 1.71. The highest BCUT2D eigenvalue weighted by molar-refractivity contribution is 5.75. The van der Waals surface area contributed by atoms with Gasteiger partial charge in [-0.1, -0.05) is 0 Å². The number of rotatable bonds is 0. The molecule has 0 aliphatic heterocycles. The summed E-state index contributed by atoms with van der Waals surface area (Å²) in [5.41, 5.74) is 0. The van der Waals surface area contributed by atoms with Gasteiger partial charge in [-0.25, -0.2) is 0 Å². The van der Waals surface area contributed by atoms with E-state index in [1.54, 1.807) is 0 Å². The minimum Gasteiger partial charge on any atom is -0.307 e. The topological polar surface area (TPSA) is 51.2 Å². The molecule has 3 radical (unpaired) electrons. The summed E-state index contributed by atoms with van der Waals surface area (Å²) in [5, 5.41) is 0. The summed E-state index contributed by atoms with van der Waals surface area (Å²) >= 11 is 0. The van der Waals surface area contributed by atoms with E-state index in [1.807, 2.05) is 20.4 Å². The van der Waals surface area contributed by atoms with Crippen LogP contribution in [-0.2, 0) is 14.4 Å². The highest BCUT2D eigenvalue weighted by atomic mass is 27.0. The average molecular weight is 117 g/mol. The summed E-state index contributed by atoms with van der Waals surface area (Å²) in [5.74, 6) is 0. The molecule has 0 fully saturated rings. The zero-order valence-electron chi connectivity index (χ0n) is 3.92. The Morgan fingerprint density at radius 2 is 0.571 bits per heavy atom. The third-order valence-corrected chi connectivity index (χ3v) is 0. The fourth-order valence-corrected chi connectivity index (χ4v) is 0. The highest BCUT2D eigenvalue weighted by Gasteiger charge is 0.640. The maximum absolute atomic E-state index is 8.00. The van der Waals surface area contributed by atoms with Gasteiger partial charge < -0.3 is 14.4 Å². The first kappa shape index (κ1) is 31.1. The van der Waals surface area contributed by atoms with Gasteiger partial charge in [0.1, 0.15) is 20.4 Å². The largest absolute Gasteiger partial charge is 0.307 e. The number of hydrogen-bond donors (Lipinski definition) is 0. The van der Waals surface area contributed by atoms with Crippen molar-refractivity contribution in [1.82, 2.24) is 0 Å². The lowest BCUT2D eigenvalue weighted by molar-refractivity contribution is -0.0987. The van der Waals surface area contributed by atoms with Crippen molar-refractivity contribution in [1.29, 1.82) is 0 Å².